The lowest BCUT2D eigenvalue weighted by molar-refractivity contribution is -0.141. The van der Waals surface area contributed by atoms with E-state index in [-0.39, 0.29) is 12.5 Å². The van der Waals surface area contributed by atoms with Crippen LogP contribution in [-0.4, -0.2) is 42.6 Å². The van der Waals surface area contributed by atoms with Crippen LogP contribution in [0.1, 0.15) is 20.8 Å². The molecule has 1 atom stereocenters. The van der Waals surface area contributed by atoms with Gasteiger partial charge in [0.05, 0.1) is 6.54 Å². The molecular formula is C10H19N3O4. The summed E-state index contributed by atoms with van der Waals surface area (Å²) in [6.45, 7) is 4.90. The largest absolute Gasteiger partial charge is 0.480 e. The van der Waals surface area contributed by atoms with E-state index in [1.165, 1.54) is 7.05 Å². The molecule has 0 aromatic rings. The molecule has 0 unspecified atom stereocenters. The van der Waals surface area contributed by atoms with Crippen molar-refractivity contribution in [2.24, 2.45) is 5.41 Å². The summed E-state index contributed by atoms with van der Waals surface area (Å²) >= 11 is 0. The Morgan fingerprint density at radius 3 is 2.12 bits per heavy atom. The fraction of sp³-hybridized carbons (Fsp3) is 0.700. The second kappa shape index (κ2) is 6.07. The Morgan fingerprint density at radius 2 is 1.76 bits per heavy atom. The van der Waals surface area contributed by atoms with Crippen molar-refractivity contribution >= 4 is 17.9 Å². The Kier molecular flexibility index (Phi) is 5.43. The molecule has 0 spiro atoms. The number of rotatable bonds is 4. The van der Waals surface area contributed by atoms with Crippen LogP contribution in [-0.2, 0) is 9.59 Å². The average molecular weight is 245 g/mol. The first-order valence-corrected chi connectivity index (χ1v) is 5.16. The van der Waals surface area contributed by atoms with Gasteiger partial charge in [0, 0.05) is 7.05 Å². The van der Waals surface area contributed by atoms with Gasteiger partial charge in [-0.2, -0.15) is 0 Å². The van der Waals surface area contributed by atoms with Gasteiger partial charge in [-0.15, -0.1) is 0 Å². The predicted molar refractivity (Wildman–Crippen MR) is 61.5 cm³/mol. The third-order valence-electron chi connectivity index (χ3n) is 2.08. The maximum atomic E-state index is 11.4. The van der Waals surface area contributed by atoms with Crippen molar-refractivity contribution in [2.45, 2.75) is 26.8 Å². The predicted octanol–water partition coefficient (Wildman–Crippen LogP) is -0.469. The first kappa shape index (κ1) is 15.2. The van der Waals surface area contributed by atoms with Crippen LogP contribution in [0.5, 0.6) is 0 Å². The molecule has 0 saturated carbocycles. The molecule has 98 valence electrons. The maximum Gasteiger partial charge on any atom is 0.326 e. The van der Waals surface area contributed by atoms with Gasteiger partial charge in [-0.3, -0.25) is 4.79 Å². The Bertz CT molecular complexity index is 309. The van der Waals surface area contributed by atoms with E-state index in [4.69, 9.17) is 5.11 Å². The van der Waals surface area contributed by atoms with Crippen LogP contribution < -0.4 is 16.0 Å². The second-order valence-corrected chi connectivity index (χ2v) is 4.64. The summed E-state index contributed by atoms with van der Waals surface area (Å²) in [5.41, 5.74) is -0.615. The van der Waals surface area contributed by atoms with Gasteiger partial charge in [0.1, 0.15) is 6.04 Å². The summed E-state index contributed by atoms with van der Waals surface area (Å²) in [6.07, 6.45) is 0. The number of hydrogen-bond acceptors (Lipinski definition) is 3. The number of carboxylic acids is 1. The number of carboxylic acid groups (broad SMARTS) is 1. The molecule has 3 amide bonds. The third-order valence-corrected chi connectivity index (χ3v) is 2.08. The highest BCUT2D eigenvalue weighted by Crippen LogP contribution is 2.19. The van der Waals surface area contributed by atoms with Gasteiger partial charge < -0.3 is 21.1 Å². The number of carbonyl (C=O) groups excluding carboxylic acids is 2. The summed E-state index contributed by atoms with van der Waals surface area (Å²) in [6, 6.07) is -1.71. The molecule has 0 aliphatic carbocycles. The molecule has 0 bridgehead atoms. The van der Waals surface area contributed by atoms with E-state index in [0.29, 0.717) is 0 Å². The minimum Gasteiger partial charge on any atom is -0.480 e. The zero-order valence-electron chi connectivity index (χ0n) is 10.5. The number of likely N-dealkylation sites (N-methyl/N-ethyl adjacent to an activating group) is 1. The highest BCUT2D eigenvalue weighted by atomic mass is 16.4. The third kappa shape index (κ3) is 5.74. The quantitative estimate of drug-likeness (QED) is 0.537. The average Bonchev–Trinajstić information content (AvgIpc) is 2.20. The van der Waals surface area contributed by atoms with Crippen LogP contribution in [0.15, 0.2) is 0 Å². The van der Waals surface area contributed by atoms with Crippen LogP contribution in [0.2, 0.25) is 0 Å². The molecule has 0 aromatic heterocycles. The summed E-state index contributed by atoms with van der Waals surface area (Å²) in [7, 11) is 1.44. The molecule has 0 heterocycles. The van der Waals surface area contributed by atoms with Crippen LogP contribution in [0.25, 0.3) is 0 Å². The van der Waals surface area contributed by atoms with E-state index < -0.39 is 23.5 Å². The SMILES string of the molecule is CNC(=O)CNC(=O)N[C@@H](C(=O)O)C(C)(C)C. The van der Waals surface area contributed by atoms with Crippen LogP contribution in [0.4, 0.5) is 4.79 Å². The summed E-state index contributed by atoms with van der Waals surface area (Å²) < 4.78 is 0. The Hall–Kier alpha value is -1.79. The normalized spacial score (nSPS) is 12.5. The minimum absolute atomic E-state index is 0.196. The molecule has 7 nitrogen and oxygen atoms in total. The molecule has 0 aliphatic rings. The Labute approximate surface area is 100.0 Å². The number of nitrogens with one attached hydrogen (secondary N) is 3. The van der Waals surface area contributed by atoms with Crippen molar-refractivity contribution < 1.29 is 19.5 Å². The van der Waals surface area contributed by atoms with E-state index in [9.17, 15) is 14.4 Å². The molecule has 7 heteroatoms. The summed E-state index contributed by atoms with van der Waals surface area (Å²) in [5, 5.41) is 15.9. The highest BCUT2D eigenvalue weighted by Gasteiger charge is 2.32. The Morgan fingerprint density at radius 1 is 1.24 bits per heavy atom. The molecule has 0 rings (SSSR count). The topological polar surface area (TPSA) is 108 Å². The van der Waals surface area contributed by atoms with E-state index in [1.54, 1.807) is 20.8 Å². The maximum absolute atomic E-state index is 11.4. The van der Waals surface area contributed by atoms with Gasteiger partial charge in [-0.25, -0.2) is 9.59 Å². The van der Waals surface area contributed by atoms with E-state index in [0.717, 1.165) is 0 Å². The molecule has 4 N–H and O–H groups in total. The van der Waals surface area contributed by atoms with Gasteiger partial charge in [-0.1, -0.05) is 20.8 Å². The summed E-state index contributed by atoms with van der Waals surface area (Å²) in [4.78, 5) is 33.2. The highest BCUT2D eigenvalue weighted by molar-refractivity contribution is 5.86. The lowest BCUT2D eigenvalue weighted by atomic mass is 9.87. The second-order valence-electron chi connectivity index (χ2n) is 4.64. The standard InChI is InChI=1S/C10H19N3O4/c1-10(2,3)7(8(15)16)13-9(17)12-5-6(14)11-4/h7H,5H2,1-4H3,(H,11,14)(H,15,16)(H2,12,13,17)/t7-/m0/s1. The minimum atomic E-state index is -1.12. The first-order valence-electron chi connectivity index (χ1n) is 5.16. The fourth-order valence-electron chi connectivity index (χ4n) is 1.08. The molecule has 0 fully saturated rings. The number of hydrogen-bond donors (Lipinski definition) is 4. The van der Waals surface area contributed by atoms with Crippen molar-refractivity contribution in [3.05, 3.63) is 0 Å². The fourth-order valence-corrected chi connectivity index (χ4v) is 1.08. The van der Waals surface area contributed by atoms with Crippen LogP contribution >= 0.6 is 0 Å². The zero-order chi connectivity index (χ0) is 13.6. The monoisotopic (exact) mass is 245 g/mol. The van der Waals surface area contributed by atoms with Crippen molar-refractivity contribution in [3.63, 3.8) is 0 Å². The number of aliphatic carboxylic acids is 1. The van der Waals surface area contributed by atoms with E-state index in [1.807, 2.05) is 0 Å². The molecule has 0 aliphatic heterocycles. The van der Waals surface area contributed by atoms with Crippen molar-refractivity contribution in [3.8, 4) is 0 Å². The number of carbonyl (C=O) groups is 3. The van der Waals surface area contributed by atoms with Crippen LogP contribution in [0.3, 0.4) is 0 Å². The van der Waals surface area contributed by atoms with E-state index >= 15 is 0 Å². The van der Waals surface area contributed by atoms with Gasteiger partial charge >= 0.3 is 12.0 Å². The molecule has 17 heavy (non-hydrogen) atoms. The van der Waals surface area contributed by atoms with Gasteiger partial charge in [0.25, 0.3) is 0 Å². The van der Waals surface area contributed by atoms with Crippen LogP contribution in [0, 0.1) is 5.41 Å². The molecule has 0 radical (unpaired) electrons. The van der Waals surface area contributed by atoms with Gasteiger partial charge in [0.15, 0.2) is 0 Å². The van der Waals surface area contributed by atoms with Gasteiger partial charge in [-0.05, 0) is 5.41 Å². The zero-order valence-corrected chi connectivity index (χ0v) is 10.5. The number of amides is 3. The van der Waals surface area contributed by atoms with Gasteiger partial charge in [0.2, 0.25) is 5.91 Å². The van der Waals surface area contributed by atoms with Crippen molar-refractivity contribution in [2.75, 3.05) is 13.6 Å². The smallest absolute Gasteiger partial charge is 0.326 e. The molecule has 0 aromatic carbocycles. The lowest BCUT2D eigenvalue weighted by Gasteiger charge is -2.27. The van der Waals surface area contributed by atoms with Crippen molar-refractivity contribution in [1.82, 2.24) is 16.0 Å². The number of urea groups is 1. The first-order chi connectivity index (χ1) is 7.68. The summed E-state index contributed by atoms with van der Waals surface area (Å²) in [5.74, 6) is -1.48. The van der Waals surface area contributed by atoms with E-state index in [2.05, 4.69) is 16.0 Å². The molecular weight excluding hydrogens is 226 g/mol. The Balaban J connectivity index is 4.34. The van der Waals surface area contributed by atoms with Crippen molar-refractivity contribution in [1.29, 1.82) is 0 Å². The molecule has 0 saturated heterocycles. The lowest BCUT2D eigenvalue weighted by Crippen LogP contribution is -2.53.